The number of nitrogens with zero attached hydrogens (tertiary/aromatic N) is 4. The van der Waals surface area contributed by atoms with Crippen molar-refractivity contribution in [3.8, 4) is 55.6 Å². The Bertz CT molecular complexity index is 7610. The summed E-state index contributed by atoms with van der Waals surface area (Å²) in [6, 6.07) is 158. The molecule has 20 aromatic carbocycles. The number of benzene rings is 20. The number of anilines is 12. The van der Waals surface area contributed by atoms with E-state index < -0.39 is 16.2 Å². The number of hydrogen-bond acceptors (Lipinski definition) is 4. The van der Waals surface area contributed by atoms with Gasteiger partial charge < -0.3 is 19.6 Å². The highest BCUT2D eigenvalue weighted by molar-refractivity contribution is 5.96. The largest absolute Gasteiger partial charge is 0.310 e. The zero-order valence-electron chi connectivity index (χ0n) is 75.1. The van der Waals surface area contributed by atoms with E-state index in [1.165, 1.54) is 36.4 Å². The number of para-hydroxylation sites is 2. The van der Waals surface area contributed by atoms with E-state index in [0.717, 1.165) is 207 Å². The van der Waals surface area contributed by atoms with E-state index in [-0.39, 0.29) is 29.1 Å². The minimum absolute atomic E-state index is 0.303. The number of hydrogen-bond donors (Lipinski definition) is 0. The molecule has 0 radical (unpaired) electrons. The third kappa shape index (κ3) is 14.3. The maximum atomic E-state index is 15.9. The monoisotopic (exact) mass is 1790 g/mol. The summed E-state index contributed by atoms with van der Waals surface area (Å²) in [5.74, 6) is -1.74. The molecular formula is C129H87F5N4. The van der Waals surface area contributed by atoms with Crippen LogP contribution in [0.2, 0.25) is 0 Å². The van der Waals surface area contributed by atoms with Gasteiger partial charge in [-0.3, -0.25) is 0 Å². The SMILES string of the molecule is C=Cc1ccc(C2(c3ccc(F)cc3)c3ccccc3-c3ccc(N(c4ccccc4)c4ccc(-c5ccc(N(c6ccc(F)cc6)c6ccc7c(c6)C(c6ccc(F)cc6)(c6ccc(C=C)cc6)c6cc(N(c8ccc(F)cc8)c8ccc(-c9ccc(N(c%10ccccc%10)c%10ccc%11c(c%10)C(c%10ccc(F)cc%10)(c%10ccc(C=C)cc%10)c%10ccccc%10-%11)cc9)cc8)ccc6-7)cc5)cc4)cc32)cc1. The van der Waals surface area contributed by atoms with E-state index in [1.807, 2.05) is 66.8 Å². The van der Waals surface area contributed by atoms with Crippen LogP contribution in [0.15, 0.2) is 493 Å². The van der Waals surface area contributed by atoms with E-state index in [0.29, 0.717) is 0 Å². The summed E-state index contributed by atoms with van der Waals surface area (Å²) >= 11 is 0. The minimum Gasteiger partial charge on any atom is -0.310 e. The van der Waals surface area contributed by atoms with Gasteiger partial charge in [-0.2, -0.15) is 0 Å². The molecule has 23 rings (SSSR count). The zero-order chi connectivity index (χ0) is 93.3. The number of fused-ring (bicyclic) bond motifs is 9. The molecule has 0 amide bonds. The molecule has 0 heterocycles. The van der Waals surface area contributed by atoms with Gasteiger partial charge in [0.15, 0.2) is 0 Å². The van der Waals surface area contributed by atoms with Crippen molar-refractivity contribution in [2.24, 2.45) is 0 Å². The molecule has 0 bridgehead atoms. The van der Waals surface area contributed by atoms with Gasteiger partial charge in [0.1, 0.15) is 29.1 Å². The van der Waals surface area contributed by atoms with Crippen LogP contribution in [0.25, 0.3) is 73.9 Å². The highest BCUT2D eigenvalue weighted by atomic mass is 19.1. The summed E-state index contributed by atoms with van der Waals surface area (Å²) in [6.07, 6.45) is 5.53. The molecule has 9 heteroatoms. The molecule has 3 aliphatic rings. The van der Waals surface area contributed by atoms with E-state index in [1.54, 1.807) is 48.5 Å². The van der Waals surface area contributed by atoms with E-state index in [9.17, 15) is 0 Å². The smallest absolute Gasteiger partial charge is 0.123 e. The molecule has 0 aromatic heterocycles. The minimum atomic E-state index is -1.12. The maximum Gasteiger partial charge on any atom is 0.123 e. The quantitative estimate of drug-likeness (QED) is 0.0592. The normalized spacial score (nSPS) is 15.0. The first kappa shape index (κ1) is 84.7. The molecule has 0 saturated heterocycles. The van der Waals surface area contributed by atoms with Gasteiger partial charge in [-0.25, -0.2) is 22.0 Å². The maximum absolute atomic E-state index is 15.9. The van der Waals surface area contributed by atoms with Crippen LogP contribution >= 0.6 is 0 Å². The van der Waals surface area contributed by atoms with Crippen molar-refractivity contribution in [2.45, 2.75) is 16.2 Å². The lowest BCUT2D eigenvalue weighted by molar-refractivity contribution is 0.624. The van der Waals surface area contributed by atoms with Crippen molar-refractivity contribution in [3.05, 3.63) is 605 Å². The van der Waals surface area contributed by atoms with Gasteiger partial charge in [-0.05, 0) is 345 Å². The molecule has 0 saturated carbocycles. The van der Waals surface area contributed by atoms with Crippen LogP contribution in [0.4, 0.5) is 90.2 Å². The van der Waals surface area contributed by atoms with E-state index in [2.05, 4.69) is 379 Å². The first-order valence-corrected chi connectivity index (χ1v) is 46.3. The number of halogens is 5. The zero-order valence-corrected chi connectivity index (χ0v) is 75.1. The molecule has 20 aromatic rings. The second-order valence-corrected chi connectivity index (χ2v) is 35.4. The average molecular weight is 1790 g/mol. The van der Waals surface area contributed by atoms with Crippen LogP contribution in [0.3, 0.4) is 0 Å². The summed E-state index contributed by atoms with van der Waals surface area (Å²) in [4.78, 5) is 8.88. The van der Waals surface area contributed by atoms with Crippen molar-refractivity contribution < 1.29 is 22.0 Å². The Kier molecular flexibility index (Phi) is 21.4. The predicted octanol–water partition coefficient (Wildman–Crippen LogP) is 34.6. The average Bonchev–Trinajstić information content (AvgIpc) is 1.55. The van der Waals surface area contributed by atoms with Crippen molar-refractivity contribution in [1.82, 2.24) is 0 Å². The Labute approximate surface area is 800 Å². The highest BCUT2D eigenvalue weighted by Gasteiger charge is 2.51. The molecule has 4 nitrogen and oxygen atoms in total. The molecular weight excluding hydrogens is 1700 g/mol. The molecule has 0 N–H and O–H groups in total. The Hall–Kier alpha value is -17.5. The molecule has 658 valence electrons. The third-order valence-corrected chi connectivity index (χ3v) is 28.1. The van der Waals surface area contributed by atoms with Crippen LogP contribution in [0.5, 0.6) is 0 Å². The molecule has 138 heavy (non-hydrogen) atoms. The van der Waals surface area contributed by atoms with Crippen molar-refractivity contribution >= 4 is 86.5 Å². The van der Waals surface area contributed by atoms with Crippen LogP contribution in [0.1, 0.15) is 83.5 Å². The fraction of sp³-hybridized carbons (Fsp3) is 0.0233. The van der Waals surface area contributed by atoms with E-state index >= 15 is 22.0 Å². The Morgan fingerprint density at radius 2 is 0.333 bits per heavy atom. The summed E-state index contributed by atoms with van der Waals surface area (Å²) in [7, 11) is 0. The standard InChI is InChI=1S/C129H87F5N4/c1-4-85-25-39-92(40-26-85)127(95-45-51-98(130)52-46-95)121-23-15-13-21-115(121)117-77-73-111(81-123(117)127)135(103-17-9-7-10-18-103)105-61-31-88(32-62-105)90-35-65-107(66-36-90)137(109-69-57-101(133)58-70-109)113-75-79-119-120-80-76-114(84-126(120)129(125(119)83-113,97-49-55-100(132)56-50-97)94-43-29-87(6-3)30-44-94)138(110-71-59-102(134)60-72-110)108-67-37-91(38-68-108)89-33-63-106(64-34-89)136(104-19-11-8-12-20-104)112-74-78-118-116-22-14-16-24-122(116)128(124(118)82-112,96-47-53-99(131)54-48-96)93-41-27-86(5-2)28-42-93/h4-84H,1-3H2. The third-order valence-electron chi connectivity index (χ3n) is 28.1. The molecule has 2 unspecified atom stereocenters. The Morgan fingerprint density at radius 3 is 0.565 bits per heavy atom. The topological polar surface area (TPSA) is 13.0 Å². The Balaban J connectivity index is 0.595. The molecule has 3 aliphatic carbocycles. The van der Waals surface area contributed by atoms with Crippen molar-refractivity contribution in [1.29, 1.82) is 0 Å². The van der Waals surface area contributed by atoms with Gasteiger partial charge in [0.05, 0.1) is 16.2 Å². The number of rotatable bonds is 23. The second-order valence-electron chi connectivity index (χ2n) is 35.4. The highest BCUT2D eigenvalue weighted by Crippen LogP contribution is 2.63. The van der Waals surface area contributed by atoms with Crippen LogP contribution in [0, 0.1) is 29.1 Å². The van der Waals surface area contributed by atoms with Gasteiger partial charge in [-0.15, -0.1) is 0 Å². The molecule has 0 aliphatic heterocycles. The fourth-order valence-electron chi connectivity index (χ4n) is 21.8. The van der Waals surface area contributed by atoms with Crippen molar-refractivity contribution in [3.63, 3.8) is 0 Å². The van der Waals surface area contributed by atoms with E-state index in [4.69, 9.17) is 0 Å². The van der Waals surface area contributed by atoms with Crippen LogP contribution in [-0.4, -0.2) is 0 Å². The Morgan fingerprint density at radius 1 is 0.159 bits per heavy atom. The first-order chi connectivity index (χ1) is 67.8. The predicted molar refractivity (Wildman–Crippen MR) is 558 cm³/mol. The van der Waals surface area contributed by atoms with Gasteiger partial charge in [0, 0.05) is 68.2 Å². The lowest BCUT2D eigenvalue weighted by Crippen LogP contribution is -2.29. The van der Waals surface area contributed by atoms with Crippen LogP contribution < -0.4 is 19.6 Å². The van der Waals surface area contributed by atoms with Crippen molar-refractivity contribution in [2.75, 3.05) is 19.6 Å². The lowest BCUT2D eigenvalue weighted by atomic mass is 9.67. The fourth-order valence-corrected chi connectivity index (χ4v) is 21.8. The molecule has 2 atom stereocenters. The van der Waals surface area contributed by atoms with Gasteiger partial charge in [0.2, 0.25) is 0 Å². The summed E-state index contributed by atoms with van der Waals surface area (Å²) in [5, 5.41) is 0. The molecule has 0 fully saturated rings. The summed E-state index contributed by atoms with van der Waals surface area (Å²) in [5.41, 5.74) is 32.8. The lowest BCUT2D eigenvalue weighted by Gasteiger charge is -2.36. The van der Waals surface area contributed by atoms with Gasteiger partial charge in [-0.1, -0.05) is 305 Å². The summed E-state index contributed by atoms with van der Waals surface area (Å²) in [6.45, 7) is 12.3. The van der Waals surface area contributed by atoms with Gasteiger partial charge in [0.25, 0.3) is 0 Å². The first-order valence-electron chi connectivity index (χ1n) is 46.3. The second kappa shape index (κ2) is 34.8. The molecule has 0 spiro atoms. The van der Waals surface area contributed by atoms with Crippen LogP contribution in [-0.2, 0) is 16.2 Å². The summed E-state index contributed by atoms with van der Waals surface area (Å²) < 4.78 is 77.0. The van der Waals surface area contributed by atoms with Gasteiger partial charge >= 0.3 is 0 Å².